The molecular weight excluding hydrogens is 743 g/mol. The van der Waals surface area contributed by atoms with Crippen LogP contribution in [0.3, 0.4) is 0 Å². The fourth-order valence-corrected chi connectivity index (χ4v) is 9.60. The van der Waals surface area contributed by atoms with Crippen LogP contribution in [0, 0.1) is 5.92 Å². The summed E-state index contributed by atoms with van der Waals surface area (Å²) in [5.41, 5.74) is 2.13. The topological polar surface area (TPSA) is 123 Å². The lowest BCUT2D eigenvalue weighted by atomic mass is 9.80. The van der Waals surface area contributed by atoms with Crippen molar-refractivity contribution in [2.24, 2.45) is 5.92 Å². The Balaban J connectivity index is 1.14. The van der Waals surface area contributed by atoms with Gasteiger partial charge in [-0.25, -0.2) is 9.46 Å². The molecule has 1 aromatic heterocycles. The standard InChI is InChI=1S/C44H47N4O8P/c1-29(2)42(49)45-39-24-25-47(43(50)46-39)40-27-37(55-57-48-26-23-36(48)41(56-57)30-11-7-5-8-12-30)38(54-40)28-53-44(31-13-9-6-10-14-31,32-15-19-34(51-3)20-16-32)33-17-21-35(52-4)22-18-33/h5-22,24-25,29,36-38,40-41H,23,26-28H2,1-4H3,(H,45,46,49,50)/t36-,37-,38+,40+,41+,57-/m0/s1. The third-order valence-corrected chi connectivity index (χ3v) is 12.7. The molecule has 0 radical (unpaired) electrons. The highest BCUT2D eigenvalue weighted by molar-refractivity contribution is 7.45. The van der Waals surface area contributed by atoms with Gasteiger partial charge in [-0.3, -0.25) is 9.36 Å². The first-order chi connectivity index (χ1) is 27.8. The number of anilines is 1. The largest absolute Gasteiger partial charge is 0.497 e. The Hall–Kier alpha value is -4.94. The van der Waals surface area contributed by atoms with E-state index in [1.807, 2.05) is 84.9 Å². The summed E-state index contributed by atoms with van der Waals surface area (Å²) >= 11 is 0. The Morgan fingerprint density at radius 3 is 2.05 bits per heavy atom. The number of aromatic nitrogens is 2. The zero-order chi connectivity index (χ0) is 39.5. The summed E-state index contributed by atoms with van der Waals surface area (Å²) in [7, 11) is 1.85. The van der Waals surface area contributed by atoms with Crippen LogP contribution < -0.4 is 20.5 Å². The average Bonchev–Trinajstić information content (AvgIpc) is 3.74. The van der Waals surface area contributed by atoms with Crippen LogP contribution in [0.4, 0.5) is 5.82 Å². The predicted octanol–water partition coefficient (Wildman–Crippen LogP) is 7.61. The Labute approximate surface area is 333 Å². The molecule has 0 bridgehead atoms. The summed E-state index contributed by atoms with van der Waals surface area (Å²) in [4.78, 5) is 30.1. The summed E-state index contributed by atoms with van der Waals surface area (Å²) in [5.74, 6) is 1.13. The van der Waals surface area contributed by atoms with Gasteiger partial charge in [0.25, 0.3) is 8.53 Å². The average molecular weight is 791 g/mol. The minimum Gasteiger partial charge on any atom is -0.497 e. The molecule has 12 nitrogen and oxygen atoms in total. The monoisotopic (exact) mass is 790 g/mol. The normalized spacial score (nSPS) is 23.2. The van der Waals surface area contributed by atoms with E-state index in [1.165, 1.54) is 4.57 Å². The number of nitrogens with zero attached hydrogens (tertiary/aromatic N) is 3. The molecule has 4 aromatic carbocycles. The van der Waals surface area contributed by atoms with Gasteiger partial charge in [0.05, 0.1) is 26.9 Å². The van der Waals surface area contributed by atoms with Crippen LogP contribution >= 0.6 is 8.53 Å². The van der Waals surface area contributed by atoms with Gasteiger partial charge in [-0.15, -0.1) is 0 Å². The summed E-state index contributed by atoms with van der Waals surface area (Å²) in [6.45, 7) is 4.52. The Morgan fingerprint density at radius 2 is 1.49 bits per heavy atom. The lowest BCUT2D eigenvalue weighted by Gasteiger charge is -2.38. The number of hydrogen-bond donors (Lipinski definition) is 1. The van der Waals surface area contributed by atoms with Crippen LogP contribution in [0.1, 0.15) is 61.3 Å². The van der Waals surface area contributed by atoms with Crippen molar-refractivity contribution in [2.75, 3.05) is 32.7 Å². The van der Waals surface area contributed by atoms with E-state index in [0.717, 1.165) is 46.7 Å². The first kappa shape index (κ1) is 38.9. The molecule has 4 heterocycles. The maximum absolute atomic E-state index is 13.5. The van der Waals surface area contributed by atoms with Crippen molar-refractivity contribution >= 4 is 20.3 Å². The number of rotatable bonds is 14. The van der Waals surface area contributed by atoms with Crippen LogP contribution in [0.5, 0.6) is 11.5 Å². The molecule has 57 heavy (non-hydrogen) atoms. The molecule has 3 aliphatic rings. The highest BCUT2D eigenvalue weighted by Crippen LogP contribution is 2.63. The number of hydrogen-bond acceptors (Lipinski definition) is 10. The number of fused-ring (bicyclic) bond motifs is 1. The van der Waals surface area contributed by atoms with Gasteiger partial charge in [0.15, 0.2) is 0 Å². The Bertz CT molecular complexity index is 2140. The SMILES string of the molecule is COc1ccc(C(OC[C@H]2O[C@@H](n3ccc(NC(=O)C(C)C)nc3=O)C[C@@H]2O[P@@]2O[C@H](c3ccccc3)[C@@H]3CCN32)(c2ccccc2)c2ccc(OC)cc2)cc1. The Kier molecular flexibility index (Phi) is 11.5. The van der Waals surface area contributed by atoms with Crippen molar-refractivity contribution in [1.29, 1.82) is 0 Å². The van der Waals surface area contributed by atoms with E-state index >= 15 is 0 Å². The van der Waals surface area contributed by atoms with E-state index in [1.54, 1.807) is 40.3 Å². The number of amides is 1. The van der Waals surface area contributed by atoms with Crippen molar-refractivity contribution in [3.05, 3.63) is 154 Å². The van der Waals surface area contributed by atoms with Crippen LogP contribution in [0.15, 0.2) is 126 Å². The maximum Gasteiger partial charge on any atom is 0.351 e. The van der Waals surface area contributed by atoms with Crippen LogP contribution in [-0.2, 0) is 28.9 Å². The molecule has 0 aliphatic carbocycles. The molecule has 0 unspecified atom stereocenters. The second kappa shape index (κ2) is 16.9. The zero-order valence-corrected chi connectivity index (χ0v) is 33.3. The molecule has 0 spiro atoms. The number of benzene rings is 4. The van der Waals surface area contributed by atoms with Gasteiger partial charge in [0.2, 0.25) is 5.91 Å². The summed E-state index contributed by atoms with van der Waals surface area (Å²) in [5, 5.41) is 2.71. The third-order valence-electron chi connectivity index (χ3n) is 10.9. The molecule has 6 atom stereocenters. The van der Waals surface area contributed by atoms with Gasteiger partial charge in [0, 0.05) is 31.1 Å². The van der Waals surface area contributed by atoms with Gasteiger partial charge in [-0.1, -0.05) is 98.8 Å². The number of carbonyl (C=O) groups excluding carboxylic acids is 1. The molecular formula is C44H47N4O8P. The zero-order valence-electron chi connectivity index (χ0n) is 32.4. The van der Waals surface area contributed by atoms with E-state index < -0.39 is 38.3 Å². The number of carbonyl (C=O) groups is 1. The predicted molar refractivity (Wildman–Crippen MR) is 216 cm³/mol. The molecule has 1 amide bonds. The summed E-state index contributed by atoms with van der Waals surface area (Å²) in [6.07, 6.45) is 1.01. The van der Waals surface area contributed by atoms with Crippen LogP contribution in [0.2, 0.25) is 0 Å². The lowest BCUT2D eigenvalue weighted by molar-refractivity contribution is -0.118. The van der Waals surface area contributed by atoms with Crippen molar-refractivity contribution < 1.29 is 32.8 Å². The van der Waals surface area contributed by atoms with E-state index in [4.69, 9.17) is 28.0 Å². The number of nitrogens with one attached hydrogen (secondary N) is 1. The fourth-order valence-electron chi connectivity index (χ4n) is 7.64. The molecule has 1 N–H and O–H groups in total. The molecule has 3 saturated heterocycles. The van der Waals surface area contributed by atoms with E-state index in [2.05, 4.69) is 39.2 Å². The molecule has 13 heteroatoms. The van der Waals surface area contributed by atoms with Crippen molar-refractivity contribution in [2.45, 2.75) is 62.9 Å². The first-order valence-corrected chi connectivity index (χ1v) is 20.4. The number of ether oxygens (including phenoxy) is 4. The second-order valence-electron chi connectivity index (χ2n) is 14.7. The van der Waals surface area contributed by atoms with Crippen LogP contribution in [0.25, 0.3) is 0 Å². The maximum atomic E-state index is 13.5. The van der Waals surface area contributed by atoms with Crippen molar-refractivity contribution in [3.63, 3.8) is 0 Å². The van der Waals surface area contributed by atoms with E-state index in [0.29, 0.717) is 6.42 Å². The molecule has 296 valence electrons. The highest BCUT2D eigenvalue weighted by atomic mass is 31.2. The van der Waals surface area contributed by atoms with Crippen LogP contribution in [-0.4, -0.2) is 65.7 Å². The lowest BCUT2D eigenvalue weighted by Crippen LogP contribution is -2.43. The van der Waals surface area contributed by atoms with Gasteiger partial charge < -0.3 is 33.3 Å². The van der Waals surface area contributed by atoms with Gasteiger partial charge in [-0.05, 0) is 59.0 Å². The number of methoxy groups -OCH3 is 2. The summed E-state index contributed by atoms with van der Waals surface area (Å²) in [6, 6.07) is 37.9. The van der Waals surface area contributed by atoms with E-state index in [9.17, 15) is 9.59 Å². The fraction of sp³-hybridized carbons (Fsp3) is 0.341. The minimum atomic E-state index is -1.44. The first-order valence-electron chi connectivity index (χ1n) is 19.3. The smallest absolute Gasteiger partial charge is 0.351 e. The molecule has 3 fully saturated rings. The van der Waals surface area contributed by atoms with Gasteiger partial charge >= 0.3 is 5.69 Å². The van der Waals surface area contributed by atoms with Crippen molar-refractivity contribution in [1.82, 2.24) is 14.2 Å². The Morgan fingerprint density at radius 1 is 0.877 bits per heavy atom. The highest BCUT2D eigenvalue weighted by Gasteiger charge is 2.53. The van der Waals surface area contributed by atoms with Gasteiger partial charge in [-0.2, -0.15) is 4.98 Å². The molecule has 0 saturated carbocycles. The summed E-state index contributed by atoms with van der Waals surface area (Å²) < 4.78 is 42.5. The second-order valence-corrected chi connectivity index (χ2v) is 16.1. The quantitative estimate of drug-likeness (QED) is 0.0889. The minimum absolute atomic E-state index is 0.0908. The van der Waals surface area contributed by atoms with Crippen molar-refractivity contribution in [3.8, 4) is 11.5 Å². The molecule has 5 aromatic rings. The van der Waals surface area contributed by atoms with Gasteiger partial charge in [0.1, 0.15) is 41.4 Å². The third kappa shape index (κ3) is 7.86. The molecule has 8 rings (SSSR count). The van der Waals surface area contributed by atoms with E-state index in [-0.39, 0.29) is 36.4 Å². The molecule has 3 aliphatic heterocycles.